The zero-order valence-corrected chi connectivity index (χ0v) is 12.1. The number of nitrogens with zero attached hydrogens (tertiary/aromatic N) is 2. The maximum absolute atomic E-state index is 12.5. The van der Waals surface area contributed by atoms with Gasteiger partial charge in [0.2, 0.25) is 0 Å². The molecule has 6 nitrogen and oxygen atoms in total. The Kier molecular flexibility index (Phi) is 4.39. The Morgan fingerprint density at radius 1 is 1.35 bits per heavy atom. The summed E-state index contributed by atoms with van der Waals surface area (Å²) in [6, 6.07) is 2.48. The predicted molar refractivity (Wildman–Crippen MR) is 73.0 cm³/mol. The van der Waals surface area contributed by atoms with E-state index >= 15 is 0 Å². The van der Waals surface area contributed by atoms with Crippen molar-refractivity contribution < 1.29 is 18.3 Å². The van der Waals surface area contributed by atoms with E-state index in [1.807, 2.05) is 6.92 Å². The molecular weight excluding hydrogens is 280 g/mol. The summed E-state index contributed by atoms with van der Waals surface area (Å²) in [5.74, 6) is -1.12. The van der Waals surface area contributed by atoms with E-state index in [9.17, 15) is 13.2 Å². The van der Waals surface area contributed by atoms with E-state index < -0.39 is 16.0 Å². The average Bonchev–Trinajstić information content (AvgIpc) is 2.64. The third-order valence-electron chi connectivity index (χ3n) is 3.55. The summed E-state index contributed by atoms with van der Waals surface area (Å²) >= 11 is 0. The van der Waals surface area contributed by atoms with Gasteiger partial charge in [0.25, 0.3) is 10.0 Å². The lowest BCUT2D eigenvalue weighted by molar-refractivity contribution is 0.0696. The molecule has 1 aromatic heterocycles. The van der Waals surface area contributed by atoms with Crippen LogP contribution in [0.15, 0.2) is 23.4 Å². The molecule has 1 atom stereocenters. The van der Waals surface area contributed by atoms with E-state index in [1.165, 1.54) is 16.4 Å². The van der Waals surface area contributed by atoms with Crippen LogP contribution in [0, 0.1) is 0 Å². The van der Waals surface area contributed by atoms with Crippen molar-refractivity contribution in [1.29, 1.82) is 0 Å². The minimum absolute atomic E-state index is 0.0205. The van der Waals surface area contributed by atoms with Gasteiger partial charge in [-0.05, 0) is 31.9 Å². The van der Waals surface area contributed by atoms with Gasteiger partial charge in [-0.2, -0.15) is 4.31 Å². The number of carboxylic acid groups (broad SMARTS) is 1. The van der Waals surface area contributed by atoms with Gasteiger partial charge in [0.1, 0.15) is 0 Å². The highest BCUT2D eigenvalue weighted by Gasteiger charge is 2.30. The second-order valence-electron chi connectivity index (χ2n) is 5.00. The van der Waals surface area contributed by atoms with Gasteiger partial charge in [0, 0.05) is 18.8 Å². The summed E-state index contributed by atoms with van der Waals surface area (Å²) in [4.78, 5) is 14.6. The molecule has 20 heavy (non-hydrogen) atoms. The third-order valence-corrected chi connectivity index (χ3v) is 5.48. The molecule has 1 aliphatic heterocycles. The molecule has 0 bridgehead atoms. The van der Waals surface area contributed by atoms with Crippen LogP contribution in [0.3, 0.4) is 0 Å². The molecule has 0 saturated carbocycles. The maximum Gasteiger partial charge on any atom is 0.337 e. The molecule has 1 unspecified atom stereocenters. The molecule has 7 heteroatoms. The third kappa shape index (κ3) is 2.99. The zero-order chi connectivity index (χ0) is 14.8. The number of rotatable bonds is 3. The van der Waals surface area contributed by atoms with Gasteiger partial charge in [0.05, 0.1) is 5.56 Å². The molecule has 0 amide bonds. The summed E-state index contributed by atoms with van der Waals surface area (Å²) < 4.78 is 26.6. The van der Waals surface area contributed by atoms with E-state index in [0.717, 1.165) is 31.9 Å². The fraction of sp³-hybridized carbons (Fsp3) is 0.538. The van der Waals surface area contributed by atoms with Gasteiger partial charge < -0.3 is 5.11 Å². The molecule has 2 heterocycles. The Morgan fingerprint density at radius 2 is 2.10 bits per heavy atom. The molecule has 110 valence electrons. The van der Waals surface area contributed by atoms with E-state index in [4.69, 9.17) is 5.11 Å². The second-order valence-corrected chi connectivity index (χ2v) is 6.84. The molecule has 1 aromatic rings. The summed E-state index contributed by atoms with van der Waals surface area (Å²) in [5.41, 5.74) is -0.0205. The van der Waals surface area contributed by atoms with E-state index in [-0.39, 0.29) is 16.6 Å². The van der Waals surface area contributed by atoms with Crippen molar-refractivity contribution in [2.45, 2.75) is 43.7 Å². The molecule has 0 radical (unpaired) electrons. The van der Waals surface area contributed by atoms with Gasteiger partial charge in [-0.25, -0.2) is 18.2 Å². The fourth-order valence-electron chi connectivity index (χ4n) is 2.39. The van der Waals surface area contributed by atoms with Crippen LogP contribution in [0.1, 0.15) is 43.0 Å². The van der Waals surface area contributed by atoms with E-state index in [1.54, 1.807) is 0 Å². The lowest BCUT2D eigenvalue weighted by Gasteiger charge is -2.25. The van der Waals surface area contributed by atoms with Crippen molar-refractivity contribution in [2.75, 3.05) is 6.54 Å². The lowest BCUT2D eigenvalue weighted by Crippen LogP contribution is -2.38. The topological polar surface area (TPSA) is 87.6 Å². The quantitative estimate of drug-likeness (QED) is 0.918. The van der Waals surface area contributed by atoms with Crippen LogP contribution in [0.5, 0.6) is 0 Å². The first-order valence-corrected chi connectivity index (χ1v) is 8.08. The number of aromatic nitrogens is 1. The lowest BCUT2D eigenvalue weighted by atomic mass is 10.1. The van der Waals surface area contributed by atoms with Gasteiger partial charge in [-0.1, -0.05) is 12.8 Å². The van der Waals surface area contributed by atoms with Gasteiger partial charge in [0.15, 0.2) is 5.03 Å². The van der Waals surface area contributed by atoms with Crippen LogP contribution in [-0.4, -0.2) is 41.4 Å². The fourth-order valence-corrected chi connectivity index (χ4v) is 4.00. The Balaban J connectivity index is 2.31. The highest BCUT2D eigenvalue weighted by atomic mass is 32.2. The number of hydrogen-bond acceptors (Lipinski definition) is 4. The number of sulfonamides is 1. The molecule has 0 aromatic carbocycles. The standard InChI is InChI=1S/C13H18N2O4S/c1-10-5-3-2-4-8-15(10)20(18,19)12-7-6-11(9-14-12)13(16)17/h6-7,9-10H,2-5,8H2,1H3,(H,16,17). The number of hydrogen-bond donors (Lipinski definition) is 1. The van der Waals surface area contributed by atoms with Crippen LogP contribution in [-0.2, 0) is 10.0 Å². The maximum atomic E-state index is 12.5. The van der Waals surface area contributed by atoms with Crippen molar-refractivity contribution in [3.05, 3.63) is 23.9 Å². The van der Waals surface area contributed by atoms with Gasteiger partial charge in [-0.15, -0.1) is 0 Å². The number of carbonyl (C=O) groups is 1. The number of carboxylic acids is 1. The first kappa shape index (κ1) is 14.9. The number of aromatic carboxylic acids is 1. The van der Waals surface area contributed by atoms with Crippen LogP contribution >= 0.6 is 0 Å². The normalized spacial score (nSPS) is 21.4. The van der Waals surface area contributed by atoms with Crippen molar-refractivity contribution in [2.24, 2.45) is 0 Å². The van der Waals surface area contributed by atoms with Crippen LogP contribution in [0.4, 0.5) is 0 Å². The van der Waals surface area contributed by atoms with Gasteiger partial charge in [-0.3, -0.25) is 0 Å². The molecule has 2 rings (SSSR count). The molecule has 1 aliphatic rings. The summed E-state index contributed by atoms with van der Waals surface area (Å²) in [7, 11) is -3.65. The molecule has 1 saturated heterocycles. The highest BCUT2D eigenvalue weighted by Crippen LogP contribution is 2.23. The summed E-state index contributed by atoms with van der Waals surface area (Å²) in [6.45, 7) is 2.39. The molecular formula is C13H18N2O4S. The summed E-state index contributed by atoms with van der Waals surface area (Å²) in [5, 5.41) is 8.72. The predicted octanol–water partition coefficient (Wildman–Crippen LogP) is 1.73. The zero-order valence-electron chi connectivity index (χ0n) is 11.3. The van der Waals surface area contributed by atoms with Crippen molar-refractivity contribution >= 4 is 16.0 Å². The SMILES string of the molecule is CC1CCCCCN1S(=O)(=O)c1ccc(C(=O)O)cn1. The van der Waals surface area contributed by atoms with Crippen LogP contribution in [0.25, 0.3) is 0 Å². The molecule has 1 fully saturated rings. The molecule has 0 spiro atoms. The first-order chi connectivity index (χ1) is 9.43. The Morgan fingerprint density at radius 3 is 2.70 bits per heavy atom. The Hall–Kier alpha value is -1.47. The largest absolute Gasteiger partial charge is 0.478 e. The monoisotopic (exact) mass is 298 g/mol. The molecule has 0 aliphatic carbocycles. The minimum atomic E-state index is -3.65. The minimum Gasteiger partial charge on any atom is -0.478 e. The first-order valence-electron chi connectivity index (χ1n) is 6.64. The van der Waals surface area contributed by atoms with Crippen LogP contribution in [0.2, 0.25) is 0 Å². The van der Waals surface area contributed by atoms with Crippen molar-refractivity contribution in [3.63, 3.8) is 0 Å². The average molecular weight is 298 g/mol. The van der Waals surface area contributed by atoms with Gasteiger partial charge >= 0.3 is 5.97 Å². The summed E-state index contributed by atoms with van der Waals surface area (Å²) in [6.07, 6.45) is 4.82. The van der Waals surface area contributed by atoms with Crippen molar-refractivity contribution in [1.82, 2.24) is 9.29 Å². The second kappa shape index (κ2) is 5.88. The van der Waals surface area contributed by atoms with E-state index in [0.29, 0.717) is 6.54 Å². The smallest absolute Gasteiger partial charge is 0.337 e. The van der Waals surface area contributed by atoms with E-state index in [2.05, 4.69) is 4.98 Å². The van der Waals surface area contributed by atoms with Crippen molar-refractivity contribution in [3.8, 4) is 0 Å². The number of pyridine rings is 1. The Labute approximate surface area is 118 Å². The molecule has 1 N–H and O–H groups in total. The Bertz CT molecular complexity index is 583. The van der Waals surface area contributed by atoms with Crippen LogP contribution < -0.4 is 0 Å². The highest BCUT2D eigenvalue weighted by molar-refractivity contribution is 7.89.